The molecule has 0 saturated carbocycles. The molecule has 1 N–H and O–H groups in total. The van der Waals surface area contributed by atoms with Crippen LogP contribution in [0, 0.1) is 17.0 Å². The van der Waals surface area contributed by atoms with Crippen molar-refractivity contribution in [2.24, 2.45) is 0 Å². The highest BCUT2D eigenvalue weighted by molar-refractivity contribution is 7.92. The molecule has 0 aromatic heterocycles. The zero-order chi connectivity index (χ0) is 19.8. The summed E-state index contributed by atoms with van der Waals surface area (Å²) in [4.78, 5) is 23.1. The molecule has 0 atom stereocenters. The van der Waals surface area contributed by atoms with Crippen LogP contribution in [0.1, 0.15) is 27.9 Å². The molecule has 2 aromatic rings. The number of aryl methyl sites for hydroxylation is 2. The molecule has 1 amide bonds. The van der Waals surface area contributed by atoms with Crippen LogP contribution in [0.3, 0.4) is 0 Å². The van der Waals surface area contributed by atoms with E-state index in [0.29, 0.717) is 41.9 Å². The molecule has 8 nitrogen and oxygen atoms in total. The van der Waals surface area contributed by atoms with E-state index in [1.54, 1.807) is 37.3 Å². The first-order valence-electron chi connectivity index (χ1n) is 8.34. The predicted molar refractivity (Wildman–Crippen MR) is 103 cm³/mol. The fourth-order valence-electron chi connectivity index (χ4n) is 3.14. The molecule has 0 spiro atoms. The molecule has 0 aliphatic carbocycles. The number of benzene rings is 2. The highest BCUT2D eigenvalue weighted by Crippen LogP contribution is 2.30. The van der Waals surface area contributed by atoms with E-state index in [9.17, 15) is 23.3 Å². The average molecular weight is 389 g/mol. The Morgan fingerprint density at radius 2 is 1.96 bits per heavy atom. The Balaban J connectivity index is 1.87. The fourth-order valence-corrected chi connectivity index (χ4v) is 4.13. The second kappa shape index (κ2) is 6.99. The standard InChI is InChI=1S/C18H19N3O5S/c1-12-5-7-15(11-17(12)21(23)24)19-18(22)14-6-8-16-13(10-14)4-3-9-20(16)27(2,25)26/h5-8,10-11H,3-4,9H2,1-2H3,(H,19,22). The number of rotatable bonds is 4. The minimum atomic E-state index is -3.37. The van der Waals surface area contributed by atoms with Gasteiger partial charge in [0.1, 0.15) is 0 Å². The molecule has 3 rings (SSSR count). The zero-order valence-electron chi connectivity index (χ0n) is 14.9. The fraction of sp³-hybridized carbons (Fsp3) is 0.278. The van der Waals surface area contributed by atoms with Crippen molar-refractivity contribution in [2.75, 3.05) is 22.4 Å². The molecular formula is C18H19N3O5S. The van der Waals surface area contributed by atoms with Crippen molar-refractivity contribution in [1.29, 1.82) is 0 Å². The lowest BCUT2D eigenvalue weighted by Crippen LogP contribution is -2.34. The summed E-state index contributed by atoms with van der Waals surface area (Å²) in [6, 6.07) is 9.35. The van der Waals surface area contributed by atoms with Crippen LogP contribution >= 0.6 is 0 Å². The Morgan fingerprint density at radius 1 is 1.22 bits per heavy atom. The number of hydrogen-bond acceptors (Lipinski definition) is 5. The quantitative estimate of drug-likeness (QED) is 0.639. The van der Waals surface area contributed by atoms with Crippen molar-refractivity contribution in [3.63, 3.8) is 0 Å². The van der Waals surface area contributed by atoms with Crippen LogP contribution in [0.5, 0.6) is 0 Å². The van der Waals surface area contributed by atoms with Gasteiger partial charge < -0.3 is 5.32 Å². The summed E-state index contributed by atoms with van der Waals surface area (Å²) in [6.07, 6.45) is 2.51. The van der Waals surface area contributed by atoms with Crippen LogP contribution in [0.15, 0.2) is 36.4 Å². The van der Waals surface area contributed by atoms with Crippen molar-refractivity contribution in [1.82, 2.24) is 0 Å². The average Bonchev–Trinajstić information content (AvgIpc) is 2.61. The third kappa shape index (κ3) is 3.92. The molecule has 0 radical (unpaired) electrons. The first-order chi connectivity index (χ1) is 12.7. The smallest absolute Gasteiger partial charge is 0.274 e. The molecule has 27 heavy (non-hydrogen) atoms. The van der Waals surface area contributed by atoms with Crippen molar-refractivity contribution < 1.29 is 18.1 Å². The van der Waals surface area contributed by atoms with Gasteiger partial charge in [0.2, 0.25) is 10.0 Å². The van der Waals surface area contributed by atoms with E-state index >= 15 is 0 Å². The Bertz CT molecular complexity index is 1030. The minimum absolute atomic E-state index is 0.0676. The number of nitrogens with zero attached hydrogens (tertiary/aromatic N) is 2. The first kappa shape index (κ1) is 18.8. The topological polar surface area (TPSA) is 110 Å². The highest BCUT2D eigenvalue weighted by atomic mass is 32.2. The van der Waals surface area contributed by atoms with Gasteiger partial charge in [-0.3, -0.25) is 19.2 Å². The molecule has 2 aromatic carbocycles. The van der Waals surface area contributed by atoms with Gasteiger partial charge in [-0.25, -0.2) is 8.42 Å². The van der Waals surface area contributed by atoms with Crippen molar-refractivity contribution in [2.45, 2.75) is 19.8 Å². The lowest BCUT2D eigenvalue weighted by atomic mass is 10.0. The maximum absolute atomic E-state index is 12.5. The molecule has 1 aliphatic rings. The van der Waals surface area contributed by atoms with E-state index in [0.717, 1.165) is 11.8 Å². The zero-order valence-corrected chi connectivity index (χ0v) is 15.7. The number of nitro benzene ring substituents is 1. The van der Waals surface area contributed by atoms with Crippen molar-refractivity contribution in [3.8, 4) is 0 Å². The van der Waals surface area contributed by atoms with E-state index in [2.05, 4.69) is 5.32 Å². The number of sulfonamides is 1. The summed E-state index contributed by atoms with van der Waals surface area (Å²) in [6.45, 7) is 2.05. The van der Waals surface area contributed by atoms with Crippen LogP contribution in [0.2, 0.25) is 0 Å². The Labute approximate surface area is 157 Å². The number of hydrogen-bond donors (Lipinski definition) is 1. The van der Waals surface area contributed by atoms with Crippen LogP contribution < -0.4 is 9.62 Å². The molecule has 0 saturated heterocycles. The van der Waals surface area contributed by atoms with E-state index in [-0.39, 0.29) is 5.69 Å². The number of carbonyl (C=O) groups excluding carboxylic acids is 1. The van der Waals surface area contributed by atoms with E-state index in [1.807, 2.05) is 0 Å². The highest BCUT2D eigenvalue weighted by Gasteiger charge is 2.24. The predicted octanol–water partition coefficient (Wildman–Crippen LogP) is 2.87. The first-order valence-corrected chi connectivity index (χ1v) is 10.2. The van der Waals surface area contributed by atoms with E-state index in [1.165, 1.54) is 10.4 Å². The van der Waals surface area contributed by atoms with Gasteiger partial charge in [0.25, 0.3) is 11.6 Å². The molecule has 0 bridgehead atoms. The van der Waals surface area contributed by atoms with Crippen LogP contribution in [0.25, 0.3) is 0 Å². The monoisotopic (exact) mass is 389 g/mol. The van der Waals surface area contributed by atoms with Gasteiger partial charge in [0.05, 0.1) is 16.9 Å². The third-order valence-electron chi connectivity index (χ3n) is 4.48. The molecule has 142 valence electrons. The van der Waals surface area contributed by atoms with Gasteiger partial charge in [-0.15, -0.1) is 0 Å². The summed E-state index contributed by atoms with van der Waals surface area (Å²) in [5.74, 6) is -0.410. The van der Waals surface area contributed by atoms with Crippen LogP contribution in [0.4, 0.5) is 17.1 Å². The number of amides is 1. The lowest BCUT2D eigenvalue weighted by molar-refractivity contribution is -0.385. The summed E-state index contributed by atoms with van der Waals surface area (Å²) in [5, 5.41) is 13.7. The van der Waals surface area contributed by atoms with Gasteiger partial charge in [-0.05, 0) is 49.6 Å². The summed E-state index contributed by atoms with van der Waals surface area (Å²) in [7, 11) is -3.37. The van der Waals surface area contributed by atoms with Gasteiger partial charge in [-0.1, -0.05) is 6.07 Å². The van der Waals surface area contributed by atoms with Gasteiger partial charge in [0, 0.05) is 29.4 Å². The van der Waals surface area contributed by atoms with Crippen molar-refractivity contribution in [3.05, 3.63) is 63.2 Å². The lowest BCUT2D eigenvalue weighted by Gasteiger charge is -2.29. The van der Waals surface area contributed by atoms with E-state index < -0.39 is 20.9 Å². The molecule has 1 aliphatic heterocycles. The Hall–Kier alpha value is -2.94. The molecule has 1 heterocycles. The van der Waals surface area contributed by atoms with Gasteiger partial charge >= 0.3 is 0 Å². The molecule has 9 heteroatoms. The second-order valence-electron chi connectivity index (χ2n) is 6.49. The van der Waals surface area contributed by atoms with Gasteiger partial charge in [0.15, 0.2) is 0 Å². The number of fused-ring (bicyclic) bond motifs is 1. The van der Waals surface area contributed by atoms with E-state index in [4.69, 9.17) is 0 Å². The number of nitrogens with one attached hydrogen (secondary N) is 1. The van der Waals surface area contributed by atoms with Crippen molar-refractivity contribution >= 4 is 33.0 Å². The SMILES string of the molecule is Cc1ccc(NC(=O)c2ccc3c(c2)CCCN3S(C)(=O)=O)cc1[N+](=O)[O-]. The number of carbonyl (C=O) groups is 1. The number of nitro groups is 1. The molecule has 0 unspecified atom stereocenters. The third-order valence-corrected chi connectivity index (χ3v) is 5.66. The maximum atomic E-state index is 12.5. The summed E-state index contributed by atoms with van der Waals surface area (Å²) >= 11 is 0. The van der Waals surface area contributed by atoms with Crippen LogP contribution in [-0.2, 0) is 16.4 Å². The molecule has 0 fully saturated rings. The van der Waals surface area contributed by atoms with Crippen LogP contribution in [-0.4, -0.2) is 32.0 Å². The molecular weight excluding hydrogens is 370 g/mol. The maximum Gasteiger partial charge on any atom is 0.274 e. The Morgan fingerprint density at radius 3 is 2.63 bits per heavy atom. The summed E-state index contributed by atoms with van der Waals surface area (Å²) in [5.41, 5.74) is 2.51. The number of anilines is 2. The Kier molecular flexibility index (Phi) is 4.88. The summed E-state index contributed by atoms with van der Waals surface area (Å²) < 4.78 is 25.2. The second-order valence-corrected chi connectivity index (χ2v) is 8.40. The minimum Gasteiger partial charge on any atom is -0.322 e. The normalized spacial score (nSPS) is 13.8. The largest absolute Gasteiger partial charge is 0.322 e. The van der Waals surface area contributed by atoms with Gasteiger partial charge in [-0.2, -0.15) is 0 Å².